The van der Waals surface area contributed by atoms with Gasteiger partial charge in [0.05, 0.1) is 7.11 Å². The lowest BCUT2D eigenvalue weighted by atomic mass is 9.86. The standard InChI is InChI=1S/C24H30N2O/c1-27-24-14-6-12-22-20(8-5-13-23(22)24)9-7-15-25-16-18-26(19-17-25)21-10-3-2-4-11-21/h2-4,6,9-12,14H,5,7-8,13,15-19H2,1H3/b20-9-. The molecule has 0 bridgehead atoms. The van der Waals surface area contributed by atoms with Crippen LogP contribution in [-0.4, -0.2) is 44.7 Å². The van der Waals surface area contributed by atoms with Gasteiger partial charge in [0.2, 0.25) is 0 Å². The normalized spacial score (nSPS) is 19.1. The summed E-state index contributed by atoms with van der Waals surface area (Å²) in [5.74, 6) is 1.05. The third-order valence-corrected chi connectivity index (χ3v) is 5.90. The summed E-state index contributed by atoms with van der Waals surface area (Å²) in [6, 6.07) is 17.3. The minimum atomic E-state index is 1.05. The summed E-state index contributed by atoms with van der Waals surface area (Å²) in [7, 11) is 1.78. The van der Waals surface area contributed by atoms with Gasteiger partial charge in [-0.3, -0.25) is 4.90 Å². The summed E-state index contributed by atoms with van der Waals surface area (Å²) in [5.41, 5.74) is 5.67. The number of rotatable bonds is 5. The highest BCUT2D eigenvalue weighted by molar-refractivity contribution is 5.72. The van der Waals surface area contributed by atoms with Gasteiger partial charge < -0.3 is 9.64 Å². The molecule has 0 aromatic heterocycles. The number of ether oxygens (including phenoxy) is 1. The van der Waals surface area contributed by atoms with Gasteiger partial charge in [-0.05, 0) is 55.0 Å². The van der Waals surface area contributed by atoms with Crippen LogP contribution in [0.25, 0.3) is 5.57 Å². The second-order valence-electron chi connectivity index (χ2n) is 7.52. The van der Waals surface area contributed by atoms with Crippen LogP contribution in [0.1, 0.15) is 30.4 Å². The third-order valence-electron chi connectivity index (χ3n) is 5.90. The number of hydrogen-bond donors (Lipinski definition) is 0. The van der Waals surface area contributed by atoms with Gasteiger partial charge in [0.1, 0.15) is 5.75 Å². The van der Waals surface area contributed by atoms with Gasteiger partial charge in [0.25, 0.3) is 0 Å². The van der Waals surface area contributed by atoms with E-state index in [1.165, 1.54) is 35.2 Å². The molecule has 1 aliphatic carbocycles. The molecule has 0 atom stereocenters. The first-order valence-electron chi connectivity index (χ1n) is 10.2. The number of nitrogens with zero attached hydrogens (tertiary/aromatic N) is 2. The smallest absolute Gasteiger partial charge is 0.122 e. The molecule has 4 rings (SSSR count). The molecule has 142 valence electrons. The van der Waals surface area contributed by atoms with Gasteiger partial charge in [-0.2, -0.15) is 0 Å². The molecule has 1 saturated heterocycles. The predicted octanol–water partition coefficient (Wildman–Crippen LogP) is 4.63. The highest BCUT2D eigenvalue weighted by atomic mass is 16.5. The number of fused-ring (bicyclic) bond motifs is 1. The van der Waals surface area contributed by atoms with Gasteiger partial charge in [0, 0.05) is 44.0 Å². The van der Waals surface area contributed by atoms with Crippen LogP contribution >= 0.6 is 0 Å². The molecule has 0 saturated carbocycles. The van der Waals surface area contributed by atoms with E-state index >= 15 is 0 Å². The van der Waals surface area contributed by atoms with Gasteiger partial charge in [-0.1, -0.05) is 36.4 Å². The number of allylic oxidation sites excluding steroid dienone is 1. The first-order valence-corrected chi connectivity index (χ1v) is 10.2. The van der Waals surface area contributed by atoms with Crippen LogP contribution in [-0.2, 0) is 6.42 Å². The molecular formula is C24H30N2O. The fourth-order valence-electron chi connectivity index (χ4n) is 4.41. The predicted molar refractivity (Wildman–Crippen MR) is 114 cm³/mol. The maximum atomic E-state index is 5.57. The minimum absolute atomic E-state index is 1.05. The van der Waals surface area contributed by atoms with Crippen molar-refractivity contribution in [1.82, 2.24) is 4.90 Å². The minimum Gasteiger partial charge on any atom is -0.496 e. The van der Waals surface area contributed by atoms with Crippen LogP contribution in [0.4, 0.5) is 5.69 Å². The van der Waals surface area contributed by atoms with Crippen molar-refractivity contribution < 1.29 is 4.74 Å². The summed E-state index contributed by atoms with van der Waals surface area (Å²) in [6.45, 7) is 5.72. The monoisotopic (exact) mass is 362 g/mol. The Balaban J connectivity index is 1.32. The molecule has 27 heavy (non-hydrogen) atoms. The Bertz CT molecular complexity index is 776. The highest BCUT2D eigenvalue weighted by Crippen LogP contribution is 2.36. The van der Waals surface area contributed by atoms with Crippen molar-refractivity contribution in [2.75, 3.05) is 44.7 Å². The topological polar surface area (TPSA) is 15.7 Å². The fraction of sp³-hybridized carbons (Fsp3) is 0.417. The Morgan fingerprint density at radius 3 is 2.52 bits per heavy atom. The summed E-state index contributed by atoms with van der Waals surface area (Å²) in [5, 5.41) is 0. The lowest BCUT2D eigenvalue weighted by Crippen LogP contribution is -2.46. The molecule has 2 aromatic rings. The van der Waals surface area contributed by atoms with Crippen molar-refractivity contribution in [3.8, 4) is 5.75 Å². The molecule has 1 heterocycles. The zero-order valence-electron chi connectivity index (χ0n) is 16.4. The lowest BCUT2D eigenvalue weighted by molar-refractivity contribution is 0.262. The van der Waals surface area contributed by atoms with Crippen molar-refractivity contribution in [3.05, 3.63) is 65.7 Å². The van der Waals surface area contributed by atoms with E-state index in [0.29, 0.717) is 0 Å². The van der Waals surface area contributed by atoms with E-state index < -0.39 is 0 Å². The first kappa shape index (κ1) is 18.1. The molecule has 0 N–H and O–H groups in total. The highest BCUT2D eigenvalue weighted by Gasteiger charge is 2.18. The van der Waals surface area contributed by atoms with Crippen LogP contribution in [0.3, 0.4) is 0 Å². The third kappa shape index (κ3) is 4.19. The molecule has 1 fully saturated rings. The van der Waals surface area contributed by atoms with Crippen molar-refractivity contribution >= 4 is 11.3 Å². The molecule has 2 aromatic carbocycles. The molecule has 0 radical (unpaired) electrons. The number of para-hydroxylation sites is 1. The Hall–Kier alpha value is -2.26. The second kappa shape index (κ2) is 8.62. The Morgan fingerprint density at radius 1 is 0.926 bits per heavy atom. The maximum Gasteiger partial charge on any atom is 0.122 e. The average Bonchev–Trinajstić information content (AvgIpc) is 2.74. The maximum absolute atomic E-state index is 5.57. The summed E-state index contributed by atoms with van der Waals surface area (Å²) < 4.78 is 5.57. The zero-order valence-corrected chi connectivity index (χ0v) is 16.4. The van der Waals surface area contributed by atoms with E-state index in [4.69, 9.17) is 4.74 Å². The van der Waals surface area contributed by atoms with Crippen LogP contribution < -0.4 is 9.64 Å². The Kier molecular flexibility index (Phi) is 5.78. The van der Waals surface area contributed by atoms with Crippen LogP contribution in [0, 0.1) is 0 Å². The summed E-state index contributed by atoms with van der Waals surface area (Å²) in [4.78, 5) is 5.10. The van der Waals surface area contributed by atoms with Crippen LogP contribution in [0.15, 0.2) is 54.6 Å². The Labute approximate surface area is 163 Å². The van der Waals surface area contributed by atoms with E-state index in [2.05, 4.69) is 64.4 Å². The van der Waals surface area contributed by atoms with Gasteiger partial charge in [-0.25, -0.2) is 0 Å². The average molecular weight is 363 g/mol. The quantitative estimate of drug-likeness (QED) is 0.771. The molecule has 3 heteroatoms. The van der Waals surface area contributed by atoms with Crippen molar-refractivity contribution in [3.63, 3.8) is 0 Å². The largest absolute Gasteiger partial charge is 0.496 e. The Morgan fingerprint density at radius 2 is 1.74 bits per heavy atom. The van der Waals surface area contributed by atoms with E-state index in [0.717, 1.165) is 51.3 Å². The number of anilines is 1. The lowest BCUT2D eigenvalue weighted by Gasteiger charge is -2.36. The molecular weight excluding hydrogens is 332 g/mol. The van der Waals surface area contributed by atoms with Crippen LogP contribution in [0.5, 0.6) is 5.75 Å². The molecule has 2 aliphatic rings. The molecule has 0 amide bonds. The molecule has 3 nitrogen and oxygen atoms in total. The number of hydrogen-bond acceptors (Lipinski definition) is 3. The molecule has 0 spiro atoms. The first-order chi connectivity index (χ1) is 13.3. The number of methoxy groups -OCH3 is 1. The zero-order chi connectivity index (χ0) is 18.5. The van der Waals surface area contributed by atoms with E-state index in [1.807, 2.05) is 0 Å². The van der Waals surface area contributed by atoms with Crippen molar-refractivity contribution in [1.29, 1.82) is 0 Å². The summed E-state index contributed by atoms with van der Waals surface area (Å²) in [6.07, 6.45) is 7.17. The van der Waals surface area contributed by atoms with Crippen molar-refractivity contribution in [2.45, 2.75) is 25.7 Å². The van der Waals surface area contributed by atoms with Crippen molar-refractivity contribution in [2.24, 2.45) is 0 Å². The van der Waals surface area contributed by atoms with Gasteiger partial charge >= 0.3 is 0 Å². The molecule has 1 aliphatic heterocycles. The van der Waals surface area contributed by atoms with E-state index in [9.17, 15) is 0 Å². The number of benzene rings is 2. The van der Waals surface area contributed by atoms with Gasteiger partial charge in [-0.15, -0.1) is 0 Å². The fourth-order valence-corrected chi connectivity index (χ4v) is 4.41. The van der Waals surface area contributed by atoms with Crippen LogP contribution in [0.2, 0.25) is 0 Å². The summed E-state index contributed by atoms with van der Waals surface area (Å²) >= 11 is 0. The van der Waals surface area contributed by atoms with E-state index in [1.54, 1.807) is 7.11 Å². The van der Waals surface area contributed by atoms with E-state index in [-0.39, 0.29) is 0 Å². The number of piperazine rings is 1. The molecule has 0 unspecified atom stereocenters. The second-order valence-corrected chi connectivity index (χ2v) is 7.52. The van der Waals surface area contributed by atoms with Gasteiger partial charge in [0.15, 0.2) is 0 Å². The SMILES string of the molecule is COc1cccc2c1CCC/C2=C/CCN1CCN(c2ccccc2)CC1.